The molecule has 3 aromatic carbocycles. The second-order valence-corrected chi connectivity index (χ2v) is 18.3. The number of amides is 1. The van der Waals surface area contributed by atoms with Crippen LogP contribution in [0.3, 0.4) is 0 Å². The van der Waals surface area contributed by atoms with E-state index in [4.69, 9.17) is 33.2 Å². The summed E-state index contributed by atoms with van der Waals surface area (Å²) in [5.41, 5.74) is -3.24. The first-order chi connectivity index (χ1) is 30.5. The van der Waals surface area contributed by atoms with E-state index in [0.29, 0.717) is 16.7 Å². The lowest BCUT2D eigenvalue weighted by Crippen LogP contribution is -2.73. The summed E-state index contributed by atoms with van der Waals surface area (Å²) in [7, 11) is 0. The van der Waals surface area contributed by atoms with E-state index in [2.05, 4.69) is 5.32 Å². The van der Waals surface area contributed by atoms with Gasteiger partial charge >= 0.3 is 24.2 Å². The summed E-state index contributed by atoms with van der Waals surface area (Å²) < 4.78 is 40.5. The van der Waals surface area contributed by atoms with Crippen LogP contribution in [0.1, 0.15) is 79.3 Å². The van der Waals surface area contributed by atoms with Gasteiger partial charge in [-0.2, -0.15) is 0 Å². The van der Waals surface area contributed by atoms with Gasteiger partial charge in [-0.15, -0.1) is 0 Å². The molecule has 1 amide bonds. The second-order valence-electron chi connectivity index (χ2n) is 17.1. The van der Waals surface area contributed by atoms with Crippen molar-refractivity contribution in [2.45, 2.75) is 89.1 Å². The molecule has 1 saturated heterocycles. The van der Waals surface area contributed by atoms with Crippen molar-refractivity contribution in [1.82, 2.24) is 5.32 Å². The highest BCUT2D eigenvalue weighted by Gasteiger charge is 2.71. The van der Waals surface area contributed by atoms with Gasteiger partial charge in [0.15, 0.2) is 0 Å². The molecule has 2 bridgehead atoms. The van der Waals surface area contributed by atoms with Crippen LogP contribution in [-0.4, -0.2) is 93.0 Å². The number of esters is 2. The molecule has 340 valence electrons. The Balaban J connectivity index is 1.33. The van der Waals surface area contributed by atoms with Crippen LogP contribution in [0, 0.1) is 22.7 Å². The predicted molar refractivity (Wildman–Crippen MR) is 244 cm³/mol. The Morgan fingerprint density at radius 3 is 2.02 bits per heavy atom. The molecule has 7 rings (SSSR count). The number of rotatable bonds is 12. The Bertz CT molecular complexity index is 2280. The summed E-state index contributed by atoms with van der Waals surface area (Å²) in [4.78, 5) is 84.1. The van der Waals surface area contributed by atoms with Gasteiger partial charge in [0.05, 0.1) is 23.7 Å². The molecule has 1 unspecified atom stereocenters. The molecule has 2 N–H and O–H groups in total. The van der Waals surface area contributed by atoms with Crippen molar-refractivity contribution in [2.24, 2.45) is 22.7 Å². The molecule has 17 heteroatoms. The molecular formula is C47H49I2NO14. The SMILES string of the molecule is CC1=C2CC(=O)[C@]3(C)[C@@H](OC(=O)OCI)C[C@H]4OCC4[C@H]3[C@H](OC(=O)c3ccccc3)[C@](O)(C[C@@H]1OC(=O)[C@H](OC(=O)OCI)[C@@H](NC(=O)c1ccccc1)c1ccccc1)C2(C)C. The minimum Gasteiger partial charge on any atom is -0.455 e. The minimum atomic E-state index is -2.08. The van der Waals surface area contributed by atoms with Crippen molar-refractivity contribution in [2.75, 3.05) is 15.8 Å². The van der Waals surface area contributed by atoms with E-state index in [1.54, 1.807) is 141 Å². The summed E-state index contributed by atoms with van der Waals surface area (Å²) in [5.74, 6) is -4.23. The van der Waals surface area contributed by atoms with Crippen molar-refractivity contribution < 1.29 is 67.0 Å². The smallest absolute Gasteiger partial charge is 0.455 e. The highest BCUT2D eigenvalue weighted by molar-refractivity contribution is 14.1. The average Bonchev–Trinajstić information content (AvgIpc) is 3.27. The van der Waals surface area contributed by atoms with Gasteiger partial charge in [-0.1, -0.05) is 86.2 Å². The summed E-state index contributed by atoms with van der Waals surface area (Å²) in [6, 6.07) is 23.6. The molecule has 15 nitrogen and oxygen atoms in total. The number of carbonyl (C=O) groups is 6. The third kappa shape index (κ3) is 9.00. The van der Waals surface area contributed by atoms with Gasteiger partial charge < -0.3 is 43.6 Å². The Hall–Kier alpha value is -4.60. The van der Waals surface area contributed by atoms with Gasteiger partial charge in [0.2, 0.25) is 6.10 Å². The first-order valence-electron chi connectivity index (χ1n) is 20.8. The molecule has 1 heterocycles. The van der Waals surface area contributed by atoms with Crippen molar-refractivity contribution >= 4 is 81.1 Å². The second kappa shape index (κ2) is 19.5. The quantitative estimate of drug-likeness (QED) is 0.0590. The van der Waals surface area contributed by atoms with Crippen LogP contribution in [0.5, 0.6) is 0 Å². The lowest BCUT2D eigenvalue weighted by atomic mass is 9.46. The summed E-state index contributed by atoms with van der Waals surface area (Å²) in [6.07, 6.45) is -8.87. The predicted octanol–water partition coefficient (Wildman–Crippen LogP) is 7.62. The van der Waals surface area contributed by atoms with Gasteiger partial charge in [0.1, 0.15) is 45.0 Å². The summed E-state index contributed by atoms with van der Waals surface area (Å²) in [6.45, 7) is 7.03. The first kappa shape index (κ1) is 47.4. The van der Waals surface area contributed by atoms with E-state index < -0.39 is 95.0 Å². The molecule has 3 aliphatic carbocycles. The zero-order valence-corrected chi connectivity index (χ0v) is 39.8. The van der Waals surface area contributed by atoms with Gasteiger partial charge in [-0.25, -0.2) is 19.2 Å². The molecule has 4 aliphatic rings. The lowest BCUT2D eigenvalue weighted by molar-refractivity contribution is -0.274. The average molecular weight is 1110 g/mol. The molecule has 10 atom stereocenters. The summed E-state index contributed by atoms with van der Waals surface area (Å²) >= 11 is 3.66. The zero-order chi connectivity index (χ0) is 46.0. The van der Waals surface area contributed by atoms with Crippen LogP contribution in [-0.2, 0) is 42.7 Å². The van der Waals surface area contributed by atoms with Crippen molar-refractivity contribution in [1.29, 1.82) is 0 Å². The maximum absolute atomic E-state index is 15.2. The van der Waals surface area contributed by atoms with Crippen LogP contribution in [0.25, 0.3) is 0 Å². The van der Waals surface area contributed by atoms with Crippen LogP contribution >= 0.6 is 45.2 Å². The Morgan fingerprint density at radius 2 is 1.42 bits per heavy atom. The highest BCUT2D eigenvalue weighted by Crippen LogP contribution is 2.62. The van der Waals surface area contributed by atoms with Crippen LogP contribution in [0.15, 0.2) is 102 Å². The van der Waals surface area contributed by atoms with Crippen LogP contribution in [0.4, 0.5) is 9.59 Å². The number of alkyl halides is 2. The number of halogens is 2. The standard InChI is InChI=1S/C47H49I2NO14/c1-26-31-20-34(51)46(4)35(62-43(55)59-24-48)21-32-30(23-58-32)36(46)39(64-41(53)29-18-12-7-13-19-29)47(57,45(31,2)3)22-33(26)61-42(54)38(63-44(56)60-25-49)37(27-14-8-5-9-15-27)50-40(52)28-16-10-6-11-17-28/h5-19,30,32-33,35-39,57H,20-25H2,1-4H3,(H,50,52)/t30?,32-,33+,35+,36+,37+,38-,39+,46-,47-/m1/s1. The monoisotopic (exact) mass is 1110 g/mol. The molecule has 1 aliphatic heterocycles. The molecule has 0 radical (unpaired) electrons. The van der Waals surface area contributed by atoms with E-state index >= 15 is 4.79 Å². The molecule has 3 fully saturated rings. The molecule has 0 spiro atoms. The normalized spacial score (nSPS) is 28.8. The highest BCUT2D eigenvalue weighted by atomic mass is 127. The van der Waals surface area contributed by atoms with Crippen LogP contribution < -0.4 is 5.32 Å². The zero-order valence-electron chi connectivity index (χ0n) is 35.5. The number of nitrogens with one attached hydrogen (secondary N) is 1. The van der Waals surface area contributed by atoms with Gasteiger partial charge in [0, 0.05) is 42.1 Å². The number of fused-ring (bicyclic) bond motifs is 5. The topological polar surface area (TPSA) is 199 Å². The summed E-state index contributed by atoms with van der Waals surface area (Å²) in [5, 5.41) is 16.5. The number of ketones is 1. The van der Waals surface area contributed by atoms with Gasteiger partial charge in [-0.05, 0) is 94.4 Å². The van der Waals surface area contributed by atoms with E-state index in [9.17, 15) is 29.1 Å². The number of hydrogen-bond donors (Lipinski definition) is 2. The van der Waals surface area contributed by atoms with E-state index in [1.807, 2.05) is 22.6 Å². The number of aliphatic hydroxyl groups is 1. The third-order valence-corrected chi connectivity index (χ3v) is 14.2. The largest absolute Gasteiger partial charge is 0.509 e. The molecular weight excluding hydrogens is 1060 g/mol. The number of Topliss-reactive ketones (excluding diaryl/α,β-unsaturated/α-hetero) is 1. The van der Waals surface area contributed by atoms with Crippen molar-refractivity contribution in [3.05, 3.63) is 119 Å². The Kier molecular flexibility index (Phi) is 14.4. The number of carbonyl (C=O) groups excluding carboxylic acids is 6. The van der Waals surface area contributed by atoms with E-state index in [1.165, 1.54) is 0 Å². The van der Waals surface area contributed by atoms with Gasteiger partial charge in [-0.3, -0.25) is 9.59 Å². The Morgan fingerprint density at radius 1 is 0.828 bits per heavy atom. The fourth-order valence-corrected chi connectivity index (χ4v) is 10.4. The Labute approximate surface area is 397 Å². The fourth-order valence-electron chi connectivity index (χ4n) is 9.93. The molecule has 0 aromatic heterocycles. The lowest BCUT2D eigenvalue weighted by Gasteiger charge is -2.64. The molecule has 3 aromatic rings. The molecule has 64 heavy (non-hydrogen) atoms. The van der Waals surface area contributed by atoms with Crippen LogP contribution in [0.2, 0.25) is 0 Å². The van der Waals surface area contributed by atoms with Crippen molar-refractivity contribution in [3.63, 3.8) is 0 Å². The number of ether oxygens (including phenoxy) is 7. The molecule has 2 saturated carbocycles. The first-order valence-corrected chi connectivity index (χ1v) is 23.8. The van der Waals surface area contributed by atoms with Gasteiger partial charge in [0.25, 0.3) is 5.91 Å². The fraction of sp³-hybridized carbons (Fsp3) is 0.447. The third-order valence-electron chi connectivity index (χ3n) is 13.6. The number of benzene rings is 3. The maximum Gasteiger partial charge on any atom is 0.509 e. The maximum atomic E-state index is 15.2. The van der Waals surface area contributed by atoms with E-state index in [-0.39, 0.29) is 52.0 Å². The van der Waals surface area contributed by atoms with Crippen molar-refractivity contribution in [3.8, 4) is 0 Å². The number of hydrogen-bond acceptors (Lipinski definition) is 14. The minimum absolute atomic E-state index is 0.00571. The van der Waals surface area contributed by atoms with E-state index in [0.717, 1.165) is 0 Å².